The van der Waals surface area contributed by atoms with Gasteiger partial charge in [0.25, 0.3) is 5.91 Å². The molecule has 0 unspecified atom stereocenters. The normalized spacial score (nSPS) is 12.6. The van der Waals surface area contributed by atoms with Crippen molar-refractivity contribution in [2.45, 2.75) is 32.7 Å². The topological polar surface area (TPSA) is 88.1 Å². The average molecular weight is 480 g/mol. The Kier molecular flexibility index (Phi) is 8.43. The summed E-state index contributed by atoms with van der Waals surface area (Å²) in [4.78, 5) is 12.7. The Morgan fingerprint density at radius 3 is 2.09 bits per heavy atom. The number of amides is 1. The van der Waals surface area contributed by atoms with E-state index in [1.807, 2.05) is 67.6 Å². The van der Waals surface area contributed by atoms with Crippen molar-refractivity contribution in [2.24, 2.45) is 5.10 Å². The second-order valence-corrected chi connectivity index (χ2v) is 9.81. The molecule has 0 aromatic heterocycles. The van der Waals surface area contributed by atoms with Crippen LogP contribution in [-0.4, -0.2) is 32.3 Å². The summed E-state index contributed by atoms with van der Waals surface area (Å²) in [6, 6.07) is 24.8. The highest BCUT2D eigenvalue weighted by atomic mass is 32.2. The van der Waals surface area contributed by atoms with Gasteiger partial charge >= 0.3 is 0 Å². The van der Waals surface area contributed by atoms with Gasteiger partial charge in [-0.3, -0.25) is 9.10 Å². The lowest BCUT2D eigenvalue weighted by Gasteiger charge is -2.27. The zero-order valence-corrected chi connectivity index (χ0v) is 20.3. The van der Waals surface area contributed by atoms with Gasteiger partial charge in [-0.25, -0.2) is 13.8 Å². The molecule has 7 nitrogen and oxygen atoms in total. The van der Waals surface area contributed by atoms with Crippen LogP contribution in [0.3, 0.4) is 0 Å². The number of aryl methyl sites for hydroxylation is 1. The van der Waals surface area contributed by atoms with Crippen molar-refractivity contribution in [2.75, 3.05) is 10.6 Å². The fourth-order valence-electron chi connectivity index (χ4n) is 3.36. The maximum absolute atomic E-state index is 12.7. The number of para-hydroxylation sites is 1. The minimum atomic E-state index is -3.74. The standard InChI is InChI=1S/C26H29N3O4S/c1-20(14-15-22-10-6-4-7-11-22)27-28-26(30)21(2)29(34(3,31)32)23-16-18-25(19-17-23)33-24-12-8-5-9-13-24/h4-13,16-19,21H,14-15H2,1-3H3,(H,28,30)/b27-20-/t21-/m1/s1. The third-order valence-corrected chi connectivity index (χ3v) is 6.38. The highest BCUT2D eigenvalue weighted by molar-refractivity contribution is 7.92. The molecule has 0 bridgehead atoms. The molecular formula is C26H29N3O4S. The number of hydrogen-bond donors (Lipinski definition) is 1. The molecule has 178 valence electrons. The van der Waals surface area contributed by atoms with Gasteiger partial charge in [0, 0.05) is 5.71 Å². The van der Waals surface area contributed by atoms with Crippen LogP contribution in [0.15, 0.2) is 90.0 Å². The summed E-state index contributed by atoms with van der Waals surface area (Å²) in [5.74, 6) is 0.705. The number of anilines is 1. The molecule has 1 amide bonds. The first-order valence-corrected chi connectivity index (χ1v) is 12.8. The average Bonchev–Trinajstić information content (AvgIpc) is 2.83. The van der Waals surface area contributed by atoms with Crippen molar-refractivity contribution in [3.05, 3.63) is 90.5 Å². The first-order valence-electron chi connectivity index (χ1n) is 10.9. The number of benzene rings is 3. The monoisotopic (exact) mass is 479 g/mol. The van der Waals surface area contributed by atoms with Gasteiger partial charge in [0.2, 0.25) is 10.0 Å². The van der Waals surface area contributed by atoms with E-state index in [2.05, 4.69) is 10.5 Å². The molecule has 8 heteroatoms. The molecule has 0 aliphatic carbocycles. The number of hydrogen-bond acceptors (Lipinski definition) is 5. The number of carbonyl (C=O) groups is 1. The Labute approximate surface area is 201 Å². The van der Waals surface area contributed by atoms with Crippen molar-refractivity contribution in [1.82, 2.24) is 5.43 Å². The summed E-state index contributed by atoms with van der Waals surface area (Å²) < 4.78 is 31.9. The molecule has 0 saturated heterocycles. The van der Waals surface area contributed by atoms with E-state index in [4.69, 9.17) is 4.74 Å². The molecule has 1 N–H and O–H groups in total. The number of rotatable bonds is 10. The van der Waals surface area contributed by atoms with E-state index in [1.165, 1.54) is 12.5 Å². The van der Waals surface area contributed by atoms with Gasteiger partial charge in [-0.2, -0.15) is 5.10 Å². The summed E-state index contributed by atoms with van der Waals surface area (Å²) in [7, 11) is -3.74. The fraction of sp³-hybridized carbons (Fsp3) is 0.231. The van der Waals surface area contributed by atoms with Crippen molar-refractivity contribution in [3.8, 4) is 11.5 Å². The molecule has 3 aromatic rings. The minimum Gasteiger partial charge on any atom is -0.457 e. The van der Waals surface area contributed by atoms with E-state index >= 15 is 0 Å². The quantitative estimate of drug-likeness (QED) is 0.335. The van der Waals surface area contributed by atoms with Gasteiger partial charge in [0.1, 0.15) is 17.5 Å². The van der Waals surface area contributed by atoms with Crippen molar-refractivity contribution < 1.29 is 17.9 Å². The molecule has 34 heavy (non-hydrogen) atoms. The molecule has 0 radical (unpaired) electrons. The van der Waals surface area contributed by atoms with Crippen LogP contribution in [0.5, 0.6) is 11.5 Å². The number of nitrogens with one attached hydrogen (secondary N) is 1. The van der Waals surface area contributed by atoms with Gasteiger partial charge in [-0.1, -0.05) is 48.5 Å². The van der Waals surface area contributed by atoms with Gasteiger partial charge in [-0.05, 0) is 68.7 Å². The van der Waals surface area contributed by atoms with E-state index in [9.17, 15) is 13.2 Å². The molecule has 3 rings (SSSR count). The van der Waals surface area contributed by atoms with Crippen LogP contribution >= 0.6 is 0 Å². The summed E-state index contributed by atoms with van der Waals surface area (Å²) in [5, 5.41) is 4.15. The second kappa shape index (κ2) is 11.5. The third-order valence-electron chi connectivity index (χ3n) is 5.13. The zero-order chi connectivity index (χ0) is 24.6. The number of hydrazone groups is 1. The number of nitrogens with zero attached hydrogens (tertiary/aromatic N) is 2. The van der Waals surface area contributed by atoms with Crippen LogP contribution in [0, 0.1) is 0 Å². The van der Waals surface area contributed by atoms with Crippen LogP contribution in [-0.2, 0) is 21.2 Å². The minimum absolute atomic E-state index is 0.357. The molecule has 0 fully saturated rings. The van der Waals surface area contributed by atoms with Crippen LogP contribution in [0.25, 0.3) is 0 Å². The van der Waals surface area contributed by atoms with E-state index in [0.717, 1.165) is 22.7 Å². The highest BCUT2D eigenvalue weighted by Gasteiger charge is 2.29. The first-order chi connectivity index (χ1) is 16.2. The molecule has 0 aliphatic heterocycles. The van der Waals surface area contributed by atoms with Gasteiger partial charge in [0.15, 0.2) is 0 Å². The van der Waals surface area contributed by atoms with E-state index in [-0.39, 0.29) is 0 Å². The molecule has 3 aromatic carbocycles. The Balaban J connectivity index is 1.66. The number of carbonyl (C=O) groups excluding carboxylic acids is 1. The van der Waals surface area contributed by atoms with Gasteiger partial charge in [-0.15, -0.1) is 0 Å². The lowest BCUT2D eigenvalue weighted by Crippen LogP contribution is -2.46. The SMILES string of the molecule is C/C(CCc1ccccc1)=N/NC(=O)[C@@H](C)N(c1ccc(Oc2ccccc2)cc1)S(C)(=O)=O. The van der Waals surface area contributed by atoms with Crippen molar-refractivity contribution in [3.63, 3.8) is 0 Å². The molecular weight excluding hydrogens is 450 g/mol. The maximum Gasteiger partial charge on any atom is 0.263 e. The number of sulfonamides is 1. The van der Waals surface area contributed by atoms with E-state index in [1.54, 1.807) is 24.3 Å². The Hall–Kier alpha value is -3.65. The van der Waals surface area contributed by atoms with Crippen LogP contribution < -0.4 is 14.5 Å². The van der Waals surface area contributed by atoms with Gasteiger partial charge < -0.3 is 4.74 Å². The predicted octanol–water partition coefficient (Wildman–Crippen LogP) is 4.76. The maximum atomic E-state index is 12.7. The molecule has 0 aliphatic rings. The van der Waals surface area contributed by atoms with Crippen molar-refractivity contribution in [1.29, 1.82) is 0 Å². The first kappa shape index (κ1) is 25.0. The van der Waals surface area contributed by atoms with E-state index in [0.29, 0.717) is 23.6 Å². The number of ether oxygens (including phenoxy) is 1. The smallest absolute Gasteiger partial charge is 0.263 e. The van der Waals surface area contributed by atoms with Crippen LogP contribution in [0.1, 0.15) is 25.8 Å². The molecule has 1 atom stereocenters. The summed E-state index contributed by atoms with van der Waals surface area (Å²) in [5.41, 5.74) is 4.79. The lowest BCUT2D eigenvalue weighted by molar-refractivity contribution is -0.121. The Morgan fingerprint density at radius 1 is 0.941 bits per heavy atom. The van der Waals surface area contributed by atoms with Crippen LogP contribution in [0.2, 0.25) is 0 Å². The Bertz CT molecular complexity index is 1210. The van der Waals surface area contributed by atoms with E-state index < -0.39 is 22.0 Å². The Morgan fingerprint density at radius 2 is 1.50 bits per heavy atom. The lowest BCUT2D eigenvalue weighted by atomic mass is 10.1. The molecule has 0 spiro atoms. The van der Waals surface area contributed by atoms with Crippen LogP contribution in [0.4, 0.5) is 5.69 Å². The fourth-order valence-corrected chi connectivity index (χ4v) is 4.54. The summed E-state index contributed by atoms with van der Waals surface area (Å²) in [6.45, 7) is 3.35. The second-order valence-electron chi connectivity index (χ2n) is 7.95. The predicted molar refractivity (Wildman–Crippen MR) is 136 cm³/mol. The molecule has 0 saturated carbocycles. The summed E-state index contributed by atoms with van der Waals surface area (Å²) >= 11 is 0. The summed E-state index contributed by atoms with van der Waals surface area (Å²) in [6.07, 6.45) is 2.55. The van der Waals surface area contributed by atoms with Gasteiger partial charge in [0.05, 0.1) is 11.9 Å². The zero-order valence-electron chi connectivity index (χ0n) is 19.5. The largest absolute Gasteiger partial charge is 0.457 e. The highest BCUT2D eigenvalue weighted by Crippen LogP contribution is 2.26. The molecule has 0 heterocycles. The third kappa shape index (κ3) is 7.18. The van der Waals surface area contributed by atoms with Crippen molar-refractivity contribution >= 4 is 27.3 Å².